The van der Waals surface area contributed by atoms with Crippen LogP contribution in [0.3, 0.4) is 0 Å². The van der Waals surface area contributed by atoms with Gasteiger partial charge in [-0.25, -0.2) is 0 Å². The Hall–Kier alpha value is -2.26. The van der Waals surface area contributed by atoms with E-state index in [2.05, 4.69) is 5.32 Å². The summed E-state index contributed by atoms with van der Waals surface area (Å²) in [5.41, 5.74) is -1.93. The van der Waals surface area contributed by atoms with Crippen LogP contribution in [0.15, 0.2) is 0 Å². The minimum atomic E-state index is -5.14. The number of amides is 2. The lowest BCUT2D eigenvalue weighted by Crippen LogP contribution is -2.51. The van der Waals surface area contributed by atoms with Crippen molar-refractivity contribution >= 4 is 29.2 Å². The van der Waals surface area contributed by atoms with Gasteiger partial charge in [0, 0.05) is 24.7 Å². The zero-order valence-electron chi connectivity index (χ0n) is 22.5. The molecule has 0 radical (unpaired) electrons. The van der Waals surface area contributed by atoms with Crippen molar-refractivity contribution < 1.29 is 37.1 Å². The van der Waals surface area contributed by atoms with Crippen LogP contribution in [0.4, 0.5) is 13.2 Å². The highest BCUT2D eigenvalue weighted by Gasteiger charge is 2.43. The van der Waals surface area contributed by atoms with Gasteiger partial charge in [-0.05, 0) is 17.8 Å². The van der Waals surface area contributed by atoms with Gasteiger partial charge in [-0.1, -0.05) is 62.3 Å². The standard InChI is InChI=1S/C25H41F3N2O5/c1-14(20(34)25(26,27)28)29-21(35)15(12-17(32)23(5,6)7)11-16(31)19(24(8,9)10)30-18(33)13-22(2,3)4/h14-15,19H,11-13H2,1-10H3,(H,29,35)(H,30,33)/t14?,15?,19-/m1/s1. The van der Waals surface area contributed by atoms with E-state index in [0.29, 0.717) is 0 Å². The maximum absolute atomic E-state index is 13.3. The molecule has 0 aromatic rings. The number of halogens is 3. The Kier molecular flexibility index (Phi) is 10.9. The van der Waals surface area contributed by atoms with Crippen LogP contribution in [0.25, 0.3) is 0 Å². The Morgan fingerprint density at radius 2 is 1.26 bits per heavy atom. The first-order valence-electron chi connectivity index (χ1n) is 11.6. The lowest BCUT2D eigenvalue weighted by Gasteiger charge is -2.32. The zero-order chi connectivity index (χ0) is 28.2. The molecular weight excluding hydrogens is 465 g/mol. The minimum Gasteiger partial charge on any atom is -0.346 e. The van der Waals surface area contributed by atoms with Gasteiger partial charge in [0.25, 0.3) is 5.78 Å². The van der Waals surface area contributed by atoms with Crippen molar-refractivity contribution in [2.24, 2.45) is 22.2 Å². The molecular formula is C25H41F3N2O5. The van der Waals surface area contributed by atoms with Gasteiger partial charge in [0.05, 0.1) is 18.0 Å². The van der Waals surface area contributed by atoms with E-state index in [4.69, 9.17) is 0 Å². The smallest absolute Gasteiger partial charge is 0.346 e. The number of carbonyl (C=O) groups is 5. The first kappa shape index (κ1) is 32.7. The largest absolute Gasteiger partial charge is 0.452 e. The Bertz CT molecular complexity index is 815. The maximum Gasteiger partial charge on any atom is 0.452 e. The molecule has 0 aliphatic rings. The van der Waals surface area contributed by atoms with Crippen LogP contribution < -0.4 is 10.6 Å². The third kappa shape index (κ3) is 11.8. The number of carbonyl (C=O) groups excluding carboxylic acids is 5. The summed E-state index contributed by atoms with van der Waals surface area (Å²) in [4.78, 5) is 62.7. The molecule has 0 rings (SSSR count). The van der Waals surface area contributed by atoms with E-state index in [-0.39, 0.29) is 23.5 Å². The van der Waals surface area contributed by atoms with Crippen LogP contribution in [0.1, 0.15) is 88.5 Å². The molecule has 10 heteroatoms. The lowest BCUT2D eigenvalue weighted by molar-refractivity contribution is -0.173. The number of hydrogen-bond donors (Lipinski definition) is 2. The second kappa shape index (κ2) is 11.6. The second-order valence-corrected chi connectivity index (χ2v) is 12.4. The molecule has 0 fully saturated rings. The quantitative estimate of drug-likeness (QED) is 0.462. The van der Waals surface area contributed by atoms with Crippen LogP contribution in [-0.4, -0.2) is 47.4 Å². The van der Waals surface area contributed by atoms with Gasteiger partial charge >= 0.3 is 6.18 Å². The highest BCUT2D eigenvalue weighted by atomic mass is 19.4. The fourth-order valence-corrected chi connectivity index (χ4v) is 3.26. The summed E-state index contributed by atoms with van der Waals surface area (Å²) >= 11 is 0. The number of ketones is 3. The van der Waals surface area contributed by atoms with E-state index in [1.807, 2.05) is 26.1 Å². The van der Waals surface area contributed by atoms with Gasteiger partial charge in [0.2, 0.25) is 11.8 Å². The fourth-order valence-electron chi connectivity index (χ4n) is 3.26. The molecule has 2 amide bonds. The highest BCUT2D eigenvalue weighted by Crippen LogP contribution is 2.27. The second-order valence-electron chi connectivity index (χ2n) is 12.4. The zero-order valence-corrected chi connectivity index (χ0v) is 22.5. The van der Waals surface area contributed by atoms with E-state index in [1.54, 1.807) is 41.5 Å². The molecule has 0 aliphatic heterocycles. The number of nitrogens with one attached hydrogen (secondary N) is 2. The van der Waals surface area contributed by atoms with Crippen LogP contribution in [-0.2, 0) is 24.0 Å². The Morgan fingerprint density at radius 3 is 1.63 bits per heavy atom. The fraction of sp³-hybridized carbons (Fsp3) is 0.800. The van der Waals surface area contributed by atoms with Gasteiger partial charge in [-0.3, -0.25) is 24.0 Å². The van der Waals surface area contributed by atoms with Crippen molar-refractivity contribution in [1.82, 2.24) is 10.6 Å². The molecule has 0 aromatic heterocycles. The SMILES string of the molecule is CC(NC(=O)C(CC(=O)[C@@H](NC(=O)CC(C)(C)C)C(C)(C)C)CC(=O)C(C)(C)C)C(=O)C(F)(F)F. The molecule has 2 N–H and O–H groups in total. The summed E-state index contributed by atoms with van der Waals surface area (Å²) in [7, 11) is 0. The minimum absolute atomic E-state index is 0.149. The number of Topliss-reactive ketones (excluding diaryl/α,β-unsaturated/α-hetero) is 3. The van der Waals surface area contributed by atoms with Gasteiger partial charge in [0.1, 0.15) is 5.78 Å². The molecule has 0 saturated heterocycles. The lowest BCUT2D eigenvalue weighted by atomic mass is 9.78. The van der Waals surface area contributed by atoms with Gasteiger partial charge < -0.3 is 10.6 Å². The van der Waals surface area contributed by atoms with Crippen molar-refractivity contribution in [2.75, 3.05) is 0 Å². The van der Waals surface area contributed by atoms with E-state index in [9.17, 15) is 37.1 Å². The van der Waals surface area contributed by atoms with Crippen molar-refractivity contribution in [3.63, 3.8) is 0 Å². The van der Waals surface area contributed by atoms with Gasteiger partial charge in [-0.15, -0.1) is 0 Å². The van der Waals surface area contributed by atoms with Crippen LogP contribution >= 0.6 is 0 Å². The van der Waals surface area contributed by atoms with Gasteiger partial charge in [0.15, 0.2) is 5.78 Å². The van der Waals surface area contributed by atoms with Crippen molar-refractivity contribution in [1.29, 1.82) is 0 Å². The average molecular weight is 507 g/mol. The molecule has 0 heterocycles. The summed E-state index contributed by atoms with van der Waals surface area (Å²) in [5.74, 6) is -5.71. The summed E-state index contributed by atoms with van der Waals surface area (Å²) < 4.78 is 38.3. The summed E-state index contributed by atoms with van der Waals surface area (Å²) in [6, 6.07) is -2.87. The molecule has 3 atom stereocenters. The summed E-state index contributed by atoms with van der Waals surface area (Å²) in [6.45, 7) is 16.5. The van der Waals surface area contributed by atoms with Crippen molar-refractivity contribution in [2.45, 2.75) is 107 Å². The Labute approximate surface area is 206 Å². The molecule has 7 nitrogen and oxygen atoms in total. The van der Waals surface area contributed by atoms with Crippen LogP contribution in [0.2, 0.25) is 0 Å². The first-order valence-corrected chi connectivity index (χ1v) is 11.6. The van der Waals surface area contributed by atoms with E-state index in [1.165, 1.54) is 0 Å². The Balaban J connectivity index is 5.90. The number of hydrogen-bond acceptors (Lipinski definition) is 5. The Morgan fingerprint density at radius 1 is 0.771 bits per heavy atom. The third-order valence-corrected chi connectivity index (χ3v) is 5.30. The monoisotopic (exact) mass is 506 g/mol. The molecule has 0 aliphatic carbocycles. The molecule has 0 spiro atoms. The maximum atomic E-state index is 13.3. The van der Waals surface area contributed by atoms with Crippen LogP contribution in [0, 0.1) is 22.2 Å². The molecule has 2 unspecified atom stereocenters. The molecule has 35 heavy (non-hydrogen) atoms. The van der Waals surface area contributed by atoms with Crippen molar-refractivity contribution in [3.8, 4) is 0 Å². The summed E-state index contributed by atoms with van der Waals surface area (Å²) in [6.07, 6.45) is -5.89. The number of alkyl halides is 3. The average Bonchev–Trinajstić information content (AvgIpc) is 2.60. The summed E-state index contributed by atoms with van der Waals surface area (Å²) in [5, 5.41) is 4.71. The molecule has 0 saturated carbocycles. The molecule has 0 aromatic carbocycles. The topological polar surface area (TPSA) is 109 Å². The predicted octanol–water partition coefficient (Wildman–Crippen LogP) is 4.17. The third-order valence-electron chi connectivity index (χ3n) is 5.30. The van der Waals surface area contributed by atoms with E-state index in [0.717, 1.165) is 6.92 Å². The van der Waals surface area contributed by atoms with Crippen molar-refractivity contribution in [3.05, 3.63) is 0 Å². The molecule has 202 valence electrons. The molecule has 0 bridgehead atoms. The first-order chi connectivity index (χ1) is 15.4. The predicted molar refractivity (Wildman–Crippen MR) is 126 cm³/mol. The van der Waals surface area contributed by atoms with Crippen LogP contribution in [0.5, 0.6) is 0 Å². The van der Waals surface area contributed by atoms with E-state index >= 15 is 0 Å². The number of rotatable bonds is 10. The normalized spacial score (nSPS) is 15.6. The van der Waals surface area contributed by atoms with E-state index < -0.39 is 65.3 Å². The van der Waals surface area contributed by atoms with Gasteiger partial charge in [-0.2, -0.15) is 13.2 Å². The highest BCUT2D eigenvalue weighted by molar-refractivity contribution is 5.98.